The van der Waals surface area contributed by atoms with Gasteiger partial charge in [-0.05, 0) is 36.8 Å². The third-order valence-corrected chi connectivity index (χ3v) is 2.85. The van der Waals surface area contributed by atoms with Gasteiger partial charge in [0, 0.05) is 11.8 Å². The van der Waals surface area contributed by atoms with Crippen LogP contribution in [0.2, 0.25) is 0 Å². The number of hydrogen-bond donors (Lipinski definition) is 2. The number of amides is 1. The van der Waals surface area contributed by atoms with Crippen LogP contribution in [0, 0.1) is 12.7 Å². The zero-order valence-corrected chi connectivity index (χ0v) is 11.7. The van der Waals surface area contributed by atoms with Crippen molar-refractivity contribution in [1.29, 1.82) is 0 Å². The molecule has 0 bridgehead atoms. The normalized spacial score (nSPS) is 10.2. The van der Waals surface area contributed by atoms with Gasteiger partial charge in [-0.1, -0.05) is 12.1 Å². The first-order valence-corrected chi connectivity index (χ1v) is 6.59. The van der Waals surface area contributed by atoms with Crippen molar-refractivity contribution in [2.24, 2.45) is 0 Å². The molecule has 0 spiro atoms. The second-order valence-electron chi connectivity index (χ2n) is 4.70. The molecular formula is C16H17FN2O2. The molecule has 0 saturated carbocycles. The average Bonchev–Trinajstić information content (AvgIpc) is 2.43. The molecule has 2 rings (SSSR count). The van der Waals surface area contributed by atoms with Crippen molar-refractivity contribution >= 4 is 17.3 Å². The molecule has 0 fully saturated rings. The third kappa shape index (κ3) is 4.49. The Morgan fingerprint density at radius 2 is 2.10 bits per heavy atom. The van der Waals surface area contributed by atoms with Crippen molar-refractivity contribution in [3.8, 4) is 5.75 Å². The lowest BCUT2D eigenvalue weighted by Crippen LogP contribution is -2.16. The van der Waals surface area contributed by atoms with Gasteiger partial charge in [0.05, 0.1) is 18.7 Å². The number of nitrogens with two attached hydrogens (primary N) is 1. The summed E-state index contributed by atoms with van der Waals surface area (Å²) < 4.78 is 18.9. The maximum Gasteiger partial charge on any atom is 0.227 e. The standard InChI is InChI=1S/C16H17FN2O2/c1-11-5-6-14(17)15(9-11)19-16(20)7-8-21-13-4-2-3-12(18)10-13/h2-6,9-10H,7-8,18H2,1H3,(H,19,20). The fraction of sp³-hybridized carbons (Fsp3) is 0.188. The fourth-order valence-corrected chi connectivity index (χ4v) is 1.81. The van der Waals surface area contributed by atoms with Gasteiger partial charge in [0.1, 0.15) is 11.6 Å². The highest BCUT2D eigenvalue weighted by molar-refractivity contribution is 5.91. The van der Waals surface area contributed by atoms with Crippen LogP contribution in [-0.2, 0) is 4.79 Å². The molecule has 0 saturated heterocycles. The van der Waals surface area contributed by atoms with Crippen molar-refractivity contribution < 1.29 is 13.9 Å². The number of carbonyl (C=O) groups excluding carboxylic acids is 1. The van der Waals surface area contributed by atoms with E-state index < -0.39 is 5.82 Å². The zero-order valence-electron chi connectivity index (χ0n) is 11.7. The summed E-state index contributed by atoms with van der Waals surface area (Å²) in [6.45, 7) is 2.03. The van der Waals surface area contributed by atoms with Gasteiger partial charge >= 0.3 is 0 Å². The predicted octanol–water partition coefficient (Wildman–Crippen LogP) is 3.12. The maximum absolute atomic E-state index is 13.5. The van der Waals surface area contributed by atoms with E-state index in [0.29, 0.717) is 11.4 Å². The second-order valence-corrected chi connectivity index (χ2v) is 4.70. The Balaban J connectivity index is 1.84. The number of hydrogen-bond acceptors (Lipinski definition) is 3. The smallest absolute Gasteiger partial charge is 0.227 e. The van der Waals surface area contributed by atoms with Crippen molar-refractivity contribution in [2.45, 2.75) is 13.3 Å². The Morgan fingerprint density at radius 1 is 1.29 bits per heavy atom. The molecule has 0 aromatic heterocycles. The summed E-state index contributed by atoms with van der Waals surface area (Å²) in [5.74, 6) is -0.154. The van der Waals surface area contributed by atoms with Gasteiger partial charge in [-0.15, -0.1) is 0 Å². The number of ether oxygens (including phenoxy) is 1. The topological polar surface area (TPSA) is 64.3 Å². The number of nitrogen functional groups attached to an aromatic ring is 1. The first-order valence-electron chi connectivity index (χ1n) is 6.59. The van der Waals surface area contributed by atoms with Crippen LogP contribution in [0.5, 0.6) is 5.75 Å². The Kier molecular flexibility index (Phi) is 4.77. The van der Waals surface area contributed by atoms with Gasteiger partial charge in [0.15, 0.2) is 0 Å². The van der Waals surface area contributed by atoms with Crippen molar-refractivity contribution in [2.75, 3.05) is 17.7 Å². The van der Waals surface area contributed by atoms with E-state index in [1.165, 1.54) is 6.07 Å². The molecule has 5 heteroatoms. The van der Waals surface area contributed by atoms with Crippen LogP contribution in [0.4, 0.5) is 15.8 Å². The van der Waals surface area contributed by atoms with E-state index >= 15 is 0 Å². The van der Waals surface area contributed by atoms with E-state index in [-0.39, 0.29) is 24.6 Å². The fourth-order valence-electron chi connectivity index (χ4n) is 1.81. The summed E-state index contributed by atoms with van der Waals surface area (Å²) in [5.41, 5.74) is 7.28. The van der Waals surface area contributed by atoms with Crippen molar-refractivity contribution in [1.82, 2.24) is 0 Å². The van der Waals surface area contributed by atoms with Gasteiger partial charge in [-0.2, -0.15) is 0 Å². The van der Waals surface area contributed by atoms with Crippen LogP contribution in [0.25, 0.3) is 0 Å². The first-order chi connectivity index (χ1) is 10.0. The van der Waals surface area contributed by atoms with E-state index in [1.807, 2.05) is 6.92 Å². The molecule has 3 N–H and O–H groups in total. The number of benzene rings is 2. The summed E-state index contributed by atoms with van der Waals surface area (Å²) in [4.78, 5) is 11.8. The second kappa shape index (κ2) is 6.74. The van der Waals surface area contributed by atoms with Crippen LogP contribution < -0.4 is 15.8 Å². The molecule has 2 aromatic rings. The largest absolute Gasteiger partial charge is 0.493 e. The SMILES string of the molecule is Cc1ccc(F)c(NC(=O)CCOc2cccc(N)c2)c1. The minimum absolute atomic E-state index is 0.127. The average molecular weight is 288 g/mol. The Morgan fingerprint density at radius 3 is 2.86 bits per heavy atom. The summed E-state index contributed by atoms with van der Waals surface area (Å²) in [5, 5.41) is 2.53. The van der Waals surface area contributed by atoms with E-state index in [1.54, 1.807) is 36.4 Å². The van der Waals surface area contributed by atoms with E-state index in [9.17, 15) is 9.18 Å². The predicted molar refractivity (Wildman–Crippen MR) is 80.7 cm³/mol. The highest BCUT2D eigenvalue weighted by atomic mass is 19.1. The molecule has 0 heterocycles. The van der Waals surface area contributed by atoms with Crippen molar-refractivity contribution in [3.05, 3.63) is 53.8 Å². The number of halogens is 1. The van der Waals surface area contributed by atoms with Crippen molar-refractivity contribution in [3.63, 3.8) is 0 Å². The maximum atomic E-state index is 13.5. The molecule has 0 atom stereocenters. The Bertz CT molecular complexity index is 644. The van der Waals surface area contributed by atoms with Crippen LogP contribution >= 0.6 is 0 Å². The lowest BCUT2D eigenvalue weighted by molar-refractivity contribution is -0.116. The third-order valence-electron chi connectivity index (χ3n) is 2.85. The Labute approximate surface area is 122 Å². The monoisotopic (exact) mass is 288 g/mol. The minimum atomic E-state index is -0.453. The highest BCUT2D eigenvalue weighted by Gasteiger charge is 2.07. The number of carbonyl (C=O) groups is 1. The van der Waals surface area contributed by atoms with Crippen LogP contribution in [0.1, 0.15) is 12.0 Å². The van der Waals surface area contributed by atoms with Gasteiger partial charge in [-0.3, -0.25) is 4.79 Å². The van der Waals surface area contributed by atoms with Crippen LogP contribution in [0.15, 0.2) is 42.5 Å². The molecule has 4 nitrogen and oxygen atoms in total. The van der Waals surface area contributed by atoms with E-state index in [2.05, 4.69) is 5.32 Å². The summed E-state index contributed by atoms with van der Waals surface area (Å²) in [6.07, 6.45) is 0.127. The lowest BCUT2D eigenvalue weighted by Gasteiger charge is -2.09. The molecule has 0 aliphatic carbocycles. The van der Waals surface area contributed by atoms with Gasteiger partial charge in [0.2, 0.25) is 5.91 Å². The van der Waals surface area contributed by atoms with E-state index in [4.69, 9.17) is 10.5 Å². The molecule has 21 heavy (non-hydrogen) atoms. The Hall–Kier alpha value is -2.56. The number of rotatable bonds is 5. The minimum Gasteiger partial charge on any atom is -0.493 e. The summed E-state index contributed by atoms with van der Waals surface area (Å²) >= 11 is 0. The lowest BCUT2D eigenvalue weighted by atomic mass is 10.2. The quantitative estimate of drug-likeness (QED) is 0.831. The van der Waals surface area contributed by atoms with Gasteiger partial charge < -0.3 is 15.8 Å². The van der Waals surface area contributed by atoms with Crippen LogP contribution in [0.3, 0.4) is 0 Å². The zero-order chi connectivity index (χ0) is 15.2. The summed E-state index contributed by atoms with van der Waals surface area (Å²) in [7, 11) is 0. The number of anilines is 2. The van der Waals surface area contributed by atoms with Gasteiger partial charge in [-0.25, -0.2) is 4.39 Å². The molecule has 0 unspecified atom stereocenters. The first kappa shape index (κ1) is 14.8. The number of nitrogens with one attached hydrogen (secondary N) is 1. The highest BCUT2D eigenvalue weighted by Crippen LogP contribution is 2.17. The molecule has 0 radical (unpaired) electrons. The molecular weight excluding hydrogens is 271 g/mol. The van der Waals surface area contributed by atoms with Gasteiger partial charge in [0.25, 0.3) is 0 Å². The number of aryl methyl sites for hydroxylation is 1. The molecule has 1 amide bonds. The molecule has 110 valence electrons. The van der Waals surface area contributed by atoms with E-state index in [0.717, 1.165) is 5.56 Å². The molecule has 2 aromatic carbocycles. The molecule has 0 aliphatic rings. The summed E-state index contributed by atoms with van der Waals surface area (Å²) in [6, 6.07) is 11.5. The molecule has 0 aliphatic heterocycles. The van der Waals surface area contributed by atoms with Crippen LogP contribution in [-0.4, -0.2) is 12.5 Å².